The van der Waals surface area contributed by atoms with Crippen molar-refractivity contribution in [3.8, 4) is 11.3 Å². The average molecular weight is 411 g/mol. The Morgan fingerprint density at radius 1 is 0.962 bits per heavy atom. The summed E-state index contributed by atoms with van der Waals surface area (Å²) in [5.74, 6) is -1.34. The Morgan fingerprint density at radius 3 is 2.46 bits per heavy atom. The van der Waals surface area contributed by atoms with Gasteiger partial charge in [-0.3, -0.25) is 4.79 Å². The summed E-state index contributed by atoms with van der Waals surface area (Å²) >= 11 is 18.1. The van der Waals surface area contributed by atoms with E-state index in [0.717, 1.165) is 0 Å². The average Bonchev–Trinajstić information content (AvgIpc) is 3.09. The van der Waals surface area contributed by atoms with E-state index in [1.165, 1.54) is 24.3 Å². The van der Waals surface area contributed by atoms with Crippen molar-refractivity contribution in [3.63, 3.8) is 0 Å². The number of halogens is 3. The number of carboxylic acid groups (broad SMARTS) is 1. The molecule has 5 nitrogen and oxygen atoms in total. The lowest BCUT2D eigenvalue weighted by Crippen LogP contribution is -2.12. The van der Waals surface area contributed by atoms with Crippen molar-refractivity contribution in [2.24, 2.45) is 0 Å². The number of amides is 1. The second kappa shape index (κ2) is 7.41. The molecule has 0 fully saturated rings. The fourth-order valence-electron chi connectivity index (χ4n) is 2.24. The number of hydrogen-bond acceptors (Lipinski definition) is 3. The summed E-state index contributed by atoms with van der Waals surface area (Å²) in [5, 5.41) is 12.4. The Morgan fingerprint density at radius 2 is 1.73 bits per heavy atom. The topological polar surface area (TPSA) is 79.5 Å². The van der Waals surface area contributed by atoms with Gasteiger partial charge in [0.2, 0.25) is 0 Å². The SMILES string of the molecule is O=C(O)c1ccc(Cl)c(NC(=O)c2ccc(-c3cccc(Cl)c3Cl)o2)c1. The maximum Gasteiger partial charge on any atom is 0.335 e. The highest BCUT2D eigenvalue weighted by atomic mass is 35.5. The van der Waals surface area contributed by atoms with Crippen LogP contribution in [0.25, 0.3) is 11.3 Å². The van der Waals surface area contributed by atoms with Gasteiger partial charge in [-0.05, 0) is 42.5 Å². The molecule has 0 saturated heterocycles. The molecule has 26 heavy (non-hydrogen) atoms. The second-order valence-electron chi connectivity index (χ2n) is 5.22. The smallest absolute Gasteiger partial charge is 0.335 e. The van der Waals surface area contributed by atoms with Crippen LogP contribution in [0.4, 0.5) is 5.69 Å². The fourth-order valence-corrected chi connectivity index (χ4v) is 2.80. The third kappa shape index (κ3) is 3.70. The minimum atomic E-state index is -1.13. The number of carbonyl (C=O) groups excluding carboxylic acids is 1. The molecule has 2 aromatic carbocycles. The Bertz CT molecular complexity index is 1010. The molecule has 1 aromatic heterocycles. The van der Waals surface area contributed by atoms with Crippen molar-refractivity contribution in [1.82, 2.24) is 0 Å². The maximum absolute atomic E-state index is 12.4. The molecule has 0 atom stereocenters. The quantitative estimate of drug-likeness (QED) is 0.565. The van der Waals surface area contributed by atoms with Gasteiger partial charge in [0.15, 0.2) is 5.76 Å². The van der Waals surface area contributed by atoms with Crippen LogP contribution in [-0.4, -0.2) is 17.0 Å². The molecule has 1 amide bonds. The molecule has 0 unspecified atom stereocenters. The van der Waals surface area contributed by atoms with Gasteiger partial charge < -0.3 is 14.8 Å². The van der Waals surface area contributed by atoms with Crippen LogP contribution in [0.5, 0.6) is 0 Å². The van der Waals surface area contributed by atoms with Gasteiger partial charge in [-0.25, -0.2) is 4.79 Å². The number of aromatic carboxylic acids is 1. The molecule has 3 rings (SSSR count). The van der Waals surface area contributed by atoms with Gasteiger partial charge in [0, 0.05) is 5.56 Å². The molecule has 8 heteroatoms. The van der Waals surface area contributed by atoms with Gasteiger partial charge in [0.1, 0.15) is 5.76 Å². The monoisotopic (exact) mass is 409 g/mol. The summed E-state index contributed by atoms with van der Waals surface area (Å²) in [6, 6.07) is 12.1. The summed E-state index contributed by atoms with van der Waals surface area (Å²) in [6.07, 6.45) is 0. The summed E-state index contributed by atoms with van der Waals surface area (Å²) in [4.78, 5) is 23.4. The molecule has 0 aliphatic rings. The molecule has 0 saturated carbocycles. The van der Waals surface area contributed by atoms with E-state index in [9.17, 15) is 9.59 Å². The predicted molar refractivity (Wildman–Crippen MR) is 101 cm³/mol. The van der Waals surface area contributed by atoms with Crippen LogP contribution in [-0.2, 0) is 0 Å². The van der Waals surface area contributed by atoms with Crippen LogP contribution in [0, 0.1) is 0 Å². The van der Waals surface area contributed by atoms with Crippen LogP contribution < -0.4 is 5.32 Å². The fraction of sp³-hybridized carbons (Fsp3) is 0. The highest BCUT2D eigenvalue weighted by Gasteiger charge is 2.17. The van der Waals surface area contributed by atoms with E-state index >= 15 is 0 Å². The van der Waals surface area contributed by atoms with E-state index in [2.05, 4.69) is 5.32 Å². The molecular formula is C18H10Cl3NO4. The van der Waals surface area contributed by atoms with Crippen molar-refractivity contribution in [2.75, 3.05) is 5.32 Å². The molecule has 0 bridgehead atoms. The largest absolute Gasteiger partial charge is 0.478 e. The number of benzene rings is 2. The molecule has 132 valence electrons. The number of carboxylic acids is 1. The number of furan rings is 1. The summed E-state index contributed by atoms with van der Waals surface area (Å²) in [5.41, 5.74) is 0.704. The molecule has 3 aromatic rings. The Hall–Kier alpha value is -2.47. The van der Waals surface area contributed by atoms with Crippen molar-refractivity contribution in [1.29, 1.82) is 0 Å². The summed E-state index contributed by atoms with van der Waals surface area (Å²) in [7, 11) is 0. The zero-order valence-electron chi connectivity index (χ0n) is 12.9. The molecule has 2 N–H and O–H groups in total. The standard InChI is InChI=1S/C18H10Cl3NO4/c19-11-5-4-9(18(24)25)8-13(11)22-17(23)15-7-6-14(26-15)10-2-1-3-12(20)16(10)21/h1-8H,(H,22,23)(H,24,25). The number of anilines is 1. The highest BCUT2D eigenvalue weighted by molar-refractivity contribution is 6.43. The number of carbonyl (C=O) groups is 2. The Balaban J connectivity index is 1.86. The minimum Gasteiger partial charge on any atom is -0.478 e. The van der Waals surface area contributed by atoms with Gasteiger partial charge in [0.25, 0.3) is 5.91 Å². The highest BCUT2D eigenvalue weighted by Crippen LogP contribution is 2.34. The van der Waals surface area contributed by atoms with Crippen molar-refractivity contribution >= 4 is 52.4 Å². The molecule has 0 aliphatic heterocycles. The number of rotatable bonds is 4. The Kier molecular flexibility index (Phi) is 5.23. The third-order valence-corrected chi connectivity index (χ3v) is 4.66. The second-order valence-corrected chi connectivity index (χ2v) is 6.41. The lowest BCUT2D eigenvalue weighted by Gasteiger charge is -2.07. The molecule has 0 radical (unpaired) electrons. The zero-order valence-corrected chi connectivity index (χ0v) is 15.2. The van der Waals surface area contributed by atoms with Gasteiger partial charge in [-0.1, -0.05) is 40.9 Å². The van der Waals surface area contributed by atoms with Crippen molar-refractivity contribution in [3.05, 3.63) is 74.9 Å². The van der Waals surface area contributed by atoms with E-state index < -0.39 is 11.9 Å². The molecular weight excluding hydrogens is 401 g/mol. The van der Waals surface area contributed by atoms with E-state index in [4.69, 9.17) is 44.3 Å². The van der Waals surface area contributed by atoms with E-state index in [1.54, 1.807) is 24.3 Å². The third-order valence-electron chi connectivity index (χ3n) is 3.51. The molecule has 0 spiro atoms. The van der Waals surface area contributed by atoms with Crippen molar-refractivity contribution in [2.45, 2.75) is 0 Å². The van der Waals surface area contributed by atoms with Crippen LogP contribution >= 0.6 is 34.8 Å². The van der Waals surface area contributed by atoms with Crippen LogP contribution in [0.2, 0.25) is 15.1 Å². The number of nitrogens with one attached hydrogen (secondary N) is 1. The van der Waals surface area contributed by atoms with Gasteiger partial charge in [-0.15, -0.1) is 0 Å². The first-order valence-electron chi connectivity index (χ1n) is 7.25. The van der Waals surface area contributed by atoms with Gasteiger partial charge in [0.05, 0.1) is 26.3 Å². The maximum atomic E-state index is 12.4. The first-order valence-corrected chi connectivity index (χ1v) is 8.38. The van der Waals surface area contributed by atoms with E-state index in [0.29, 0.717) is 21.4 Å². The van der Waals surface area contributed by atoms with Crippen LogP contribution in [0.1, 0.15) is 20.9 Å². The molecule has 0 aliphatic carbocycles. The predicted octanol–water partition coefficient (Wildman–Crippen LogP) is 5.86. The summed E-state index contributed by atoms with van der Waals surface area (Å²) < 4.78 is 5.54. The lowest BCUT2D eigenvalue weighted by atomic mass is 10.2. The van der Waals surface area contributed by atoms with Gasteiger partial charge in [-0.2, -0.15) is 0 Å². The number of hydrogen-bond donors (Lipinski definition) is 2. The molecule has 1 heterocycles. The minimum absolute atomic E-state index is 0.00413. The van der Waals surface area contributed by atoms with Gasteiger partial charge >= 0.3 is 5.97 Å². The van der Waals surface area contributed by atoms with Crippen LogP contribution in [0.15, 0.2) is 52.9 Å². The van der Waals surface area contributed by atoms with Crippen LogP contribution in [0.3, 0.4) is 0 Å². The van der Waals surface area contributed by atoms with E-state index in [-0.39, 0.29) is 22.0 Å². The Labute approximate surface area is 163 Å². The summed E-state index contributed by atoms with van der Waals surface area (Å²) in [6.45, 7) is 0. The first-order chi connectivity index (χ1) is 12.4. The normalized spacial score (nSPS) is 10.6. The van der Waals surface area contributed by atoms with E-state index in [1.807, 2.05) is 0 Å². The zero-order chi connectivity index (χ0) is 18.8. The lowest BCUT2D eigenvalue weighted by molar-refractivity contribution is 0.0696. The van der Waals surface area contributed by atoms with Crippen molar-refractivity contribution < 1.29 is 19.1 Å². The first kappa shape index (κ1) is 18.3.